The van der Waals surface area contributed by atoms with Gasteiger partial charge >= 0.3 is 15.7 Å². The summed E-state index contributed by atoms with van der Waals surface area (Å²) in [5, 5.41) is 0.761. The van der Waals surface area contributed by atoms with Gasteiger partial charge in [-0.3, -0.25) is 0 Å². The Labute approximate surface area is 139 Å². The summed E-state index contributed by atoms with van der Waals surface area (Å²) in [6.07, 6.45) is 0.671. The summed E-state index contributed by atoms with van der Waals surface area (Å²) in [4.78, 5) is 11.7. The Morgan fingerprint density at radius 1 is 1.04 bits per heavy atom. The van der Waals surface area contributed by atoms with E-state index in [9.17, 15) is 13.2 Å². The van der Waals surface area contributed by atoms with Crippen LogP contribution in [-0.4, -0.2) is 8.42 Å². The van der Waals surface area contributed by atoms with Crippen LogP contribution in [0.15, 0.2) is 62.6 Å². The van der Waals surface area contributed by atoms with Crippen LogP contribution < -0.4 is 9.81 Å². The highest BCUT2D eigenvalue weighted by atomic mass is 32.2. The van der Waals surface area contributed by atoms with Gasteiger partial charge in [-0.25, -0.2) is 4.79 Å². The Hall–Kier alpha value is -2.60. The Bertz CT molecular complexity index is 1050. The maximum atomic E-state index is 12.3. The minimum Gasteiger partial charge on any atom is -0.423 e. The van der Waals surface area contributed by atoms with Crippen molar-refractivity contribution in [1.82, 2.24) is 0 Å². The van der Waals surface area contributed by atoms with Crippen LogP contribution in [0.25, 0.3) is 11.0 Å². The lowest BCUT2D eigenvalue weighted by atomic mass is 10.1. The molecule has 0 radical (unpaired) electrons. The topological polar surface area (TPSA) is 73.6 Å². The van der Waals surface area contributed by atoms with E-state index in [-0.39, 0.29) is 10.6 Å². The number of benzene rings is 2. The maximum absolute atomic E-state index is 12.3. The molecule has 24 heavy (non-hydrogen) atoms. The van der Waals surface area contributed by atoms with Crippen LogP contribution >= 0.6 is 0 Å². The van der Waals surface area contributed by atoms with Crippen molar-refractivity contribution >= 4 is 21.1 Å². The number of rotatable bonds is 4. The van der Waals surface area contributed by atoms with Gasteiger partial charge in [0.25, 0.3) is 0 Å². The molecule has 3 aromatic rings. The normalized spacial score (nSPS) is 11.6. The summed E-state index contributed by atoms with van der Waals surface area (Å²) in [6.45, 7) is 3.80. The summed E-state index contributed by atoms with van der Waals surface area (Å²) in [5.74, 6) is 0.0967. The molecule has 0 saturated carbocycles. The summed E-state index contributed by atoms with van der Waals surface area (Å²) in [5.41, 5.74) is 1.62. The smallest absolute Gasteiger partial charge is 0.339 e. The molecule has 124 valence electrons. The summed E-state index contributed by atoms with van der Waals surface area (Å²) < 4.78 is 35.0. The van der Waals surface area contributed by atoms with Crippen LogP contribution in [0.2, 0.25) is 0 Å². The molecule has 2 aromatic carbocycles. The van der Waals surface area contributed by atoms with Gasteiger partial charge in [0.05, 0.1) is 0 Å². The van der Waals surface area contributed by atoms with Crippen LogP contribution in [0.3, 0.4) is 0 Å². The molecule has 0 unspecified atom stereocenters. The summed E-state index contributed by atoms with van der Waals surface area (Å²) >= 11 is 0. The fourth-order valence-electron chi connectivity index (χ4n) is 2.43. The third-order valence-electron chi connectivity index (χ3n) is 3.70. The molecule has 0 aliphatic heterocycles. The molecule has 0 saturated heterocycles. The molecule has 0 aliphatic rings. The van der Waals surface area contributed by atoms with Crippen molar-refractivity contribution in [3.63, 3.8) is 0 Å². The second-order valence-electron chi connectivity index (χ2n) is 5.45. The highest BCUT2D eigenvalue weighted by Gasteiger charge is 2.17. The number of aryl methyl sites for hydroxylation is 2. The molecule has 1 aromatic heterocycles. The highest BCUT2D eigenvalue weighted by molar-refractivity contribution is 7.87. The molecule has 6 heteroatoms. The molecule has 3 rings (SSSR count). The van der Waals surface area contributed by atoms with Crippen LogP contribution in [0.1, 0.15) is 18.1 Å². The van der Waals surface area contributed by atoms with Crippen molar-refractivity contribution in [3.05, 3.63) is 70.1 Å². The molecule has 0 bridgehead atoms. The first kappa shape index (κ1) is 16.3. The lowest BCUT2D eigenvalue weighted by molar-refractivity contribution is 0.485. The first-order valence-corrected chi connectivity index (χ1v) is 8.88. The van der Waals surface area contributed by atoms with Crippen molar-refractivity contribution < 1.29 is 17.0 Å². The van der Waals surface area contributed by atoms with Crippen molar-refractivity contribution in [2.24, 2.45) is 0 Å². The quantitative estimate of drug-likeness (QED) is 0.535. The van der Waals surface area contributed by atoms with Gasteiger partial charge in [0.2, 0.25) is 0 Å². The molecule has 0 atom stereocenters. The van der Waals surface area contributed by atoms with E-state index in [4.69, 9.17) is 8.60 Å². The lowest BCUT2D eigenvalue weighted by Gasteiger charge is -2.09. The SMILES string of the molecule is CCc1cc(=O)oc2cc(OS(=O)(=O)c3ccc(C)cc3)ccc12. The zero-order chi connectivity index (χ0) is 17.3. The van der Waals surface area contributed by atoms with Crippen molar-refractivity contribution in [1.29, 1.82) is 0 Å². The average Bonchev–Trinajstić information content (AvgIpc) is 2.53. The molecule has 0 aliphatic carbocycles. The Balaban J connectivity index is 2.01. The predicted molar refractivity (Wildman–Crippen MR) is 90.9 cm³/mol. The van der Waals surface area contributed by atoms with Crippen LogP contribution in [0, 0.1) is 6.92 Å². The zero-order valence-electron chi connectivity index (χ0n) is 13.3. The molecule has 0 spiro atoms. The van der Waals surface area contributed by atoms with Crippen LogP contribution in [-0.2, 0) is 16.5 Å². The minimum absolute atomic E-state index is 0.0666. The Kier molecular flexibility index (Phi) is 4.15. The molecular formula is C18H16O5S. The Morgan fingerprint density at radius 2 is 1.75 bits per heavy atom. The molecule has 5 nitrogen and oxygen atoms in total. The fourth-order valence-corrected chi connectivity index (χ4v) is 3.36. The second-order valence-corrected chi connectivity index (χ2v) is 7.00. The maximum Gasteiger partial charge on any atom is 0.339 e. The number of hydrogen-bond donors (Lipinski definition) is 0. The van der Waals surface area contributed by atoms with Gasteiger partial charge in [-0.15, -0.1) is 0 Å². The first-order chi connectivity index (χ1) is 11.4. The van der Waals surface area contributed by atoms with E-state index in [1.165, 1.54) is 24.3 Å². The predicted octanol–water partition coefficient (Wildman–Crippen LogP) is 3.43. The summed E-state index contributed by atoms with van der Waals surface area (Å²) in [7, 11) is -3.94. The monoisotopic (exact) mass is 344 g/mol. The largest absolute Gasteiger partial charge is 0.423 e. The van der Waals surface area contributed by atoms with Crippen molar-refractivity contribution in [2.45, 2.75) is 25.2 Å². The van der Waals surface area contributed by atoms with E-state index in [2.05, 4.69) is 0 Å². The van der Waals surface area contributed by atoms with E-state index < -0.39 is 15.7 Å². The van der Waals surface area contributed by atoms with Gasteiger partial charge in [0.1, 0.15) is 16.2 Å². The molecular weight excluding hydrogens is 328 g/mol. The zero-order valence-corrected chi connectivity index (χ0v) is 14.1. The molecule has 0 N–H and O–H groups in total. The Morgan fingerprint density at radius 3 is 2.42 bits per heavy atom. The van der Waals surface area contributed by atoms with E-state index in [0.29, 0.717) is 12.0 Å². The van der Waals surface area contributed by atoms with E-state index in [1.54, 1.807) is 24.3 Å². The average molecular weight is 344 g/mol. The summed E-state index contributed by atoms with van der Waals surface area (Å²) in [6, 6.07) is 12.5. The van der Waals surface area contributed by atoms with Crippen molar-refractivity contribution in [3.8, 4) is 5.75 Å². The van der Waals surface area contributed by atoms with E-state index >= 15 is 0 Å². The molecule has 0 fully saturated rings. The van der Waals surface area contributed by atoms with Crippen LogP contribution in [0.4, 0.5) is 0 Å². The second kappa shape index (κ2) is 6.13. The van der Waals surface area contributed by atoms with Gasteiger partial charge < -0.3 is 8.60 Å². The minimum atomic E-state index is -3.94. The van der Waals surface area contributed by atoms with E-state index in [0.717, 1.165) is 16.5 Å². The van der Waals surface area contributed by atoms with Gasteiger partial charge in [0.15, 0.2) is 0 Å². The molecule has 1 heterocycles. The van der Waals surface area contributed by atoms with Gasteiger partial charge in [-0.1, -0.05) is 24.6 Å². The van der Waals surface area contributed by atoms with Gasteiger partial charge in [-0.2, -0.15) is 8.42 Å². The van der Waals surface area contributed by atoms with Gasteiger partial charge in [-0.05, 0) is 43.2 Å². The molecule has 0 amide bonds. The first-order valence-electron chi connectivity index (χ1n) is 7.47. The number of hydrogen-bond acceptors (Lipinski definition) is 5. The van der Waals surface area contributed by atoms with Crippen LogP contribution in [0.5, 0.6) is 5.75 Å². The third-order valence-corrected chi connectivity index (χ3v) is 4.96. The van der Waals surface area contributed by atoms with Gasteiger partial charge in [0, 0.05) is 17.5 Å². The highest BCUT2D eigenvalue weighted by Crippen LogP contribution is 2.25. The fraction of sp³-hybridized carbons (Fsp3) is 0.167. The van der Waals surface area contributed by atoms with E-state index in [1.807, 2.05) is 13.8 Å². The lowest BCUT2D eigenvalue weighted by Crippen LogP contribution is -2.09. The number of fused-ring (bicyclic) bond motifs is 1. The third kappa shape index (κ3) is 3.19. The standard InChI is InChI=1S/C18H16O5S/c1-3-13-10-18(19)22-17-11-14(6-9-16(13)17)23-24(20,21)15-7-4-12(2)5-8-15/h4-11H,3H2,1-2H3. The van der Waals surface area contributed by atoms with Crippen molar-refractivity contribution in [2.75, 3.05) is 0 Å².